The van der Waals surface area contributed by atoms with E-state index in [2.05, 4.69) is 144 Å². The minimum Gasteiger partial charge on any atom is -0.310 e. The molecule has 1 aliphatic carbocycles. The highest BCUT2D eigenvalue weighted by Gasteiger charge is 2.52. The maximum Gasteiger partial charge on any atom is 0.0991 e. The molecule has 186 valence electrons. The van der Waals surface area contributed by atoms with Crippen LogP contribution in [0.25, 0.3) is 22.3 Å². The molecule has 0 atom stereocenters. The Morgan fingerprint density at radius 3 is 1.70 bits per heavy atom. The molecule has 0 saturated heterocycles. The number of hydrogen-bond acceptors (Lipinski definition) is 2. The van der Waals surface area contributed by atoms with Crippen LogP contribution in [-0.2, 0) is 5.41 Å². The van der Waals surface area contributed by atoms with Crippen molar-refractivity contribution >= 4 is 17.1 Å². The largest absolute Gasteiger partial charge is 0.310 e. The maximum atomic E-state index is 9.45. The van der Waals surface area contributed by atoms with Crippen LogP contribution >= 0.6 is 0 Å². The van der Waals surface area contributed by atoms with E-state index in [-0.39, 0.29) is 0 Å². The summed E-state index contributed by atoms with van der Waals surface area (Å²) < 4.78 is 0. The Hall–Kier alpha value is -5.39. The number of para-hydroxylation sites is 3. The SMILES string of the molecule is N#Cc1ccc(-c2cccc3c2C2(c4ccccc4-3)c3ccccc3N(c3ccccc3)c3ccccc32)cc1. The molecule has 0 bridgehead atoms. The lowest BCUT2D eigenvalue weighted by atomic mass is 9.63. The Morgan fingerprint density at radius 1 is 0.475 bits per heavy atom. The number of rotatable bonds is 2. The molecule has 0 radical (unpaired) electrons. The maximum absolute atomic E-state index is 9.45. The zero-order valence-corrected chi connectivity index (χ0v) is 21.8. The zero-order valence-electron chi connectivity index (χ0n) is 21.8. The van der Waals surface area contributed by atoms with E-state index < -0.39 is 5.41 Å². The quantitative estimate of drug-likeness (QED) is 0.233. The minimum absolute atomic E-state index is 0.505. The summed E-state index contributed by atoms with van der Waals surface area (Å²) in [6, 6.07) is 54.2. The summed E-state index contributed by atoms with van der Waals surface area (Å²) in [6.07, 6.45) is 0. The summed E-state index contributed by atoms with van der Waals surface area (Å²) in [6.45, 7) is 0. The minimum atomic E-state index is -0.505. The molecule has 0 saturated carbocycles. The van der Waals surface area contributed by atoms with Gasteiger partial charge in [-0.05, 0) is 80.9 Å². The highest BCUT2D eigenvalue weighted by molar-refractivity contribution is 5.98. The molecule has 2 nitrogen and oxygen atoms in total. The molecule has 40 heavy (non-hydrogen) atoms. The van der Waals surface area contributed by atoms with Crippen molar-refractivity contribution in [2.45, 2.75) is 5.41 Å². The number of hydrogen-bond donors (Lipinski definition) is 0. The smallest absolute Gasteiger partial charge is 0.0991 e. The van der Waals surface area contributed by atoms with Crippen molar-refractivity contribution in [3.63, 3.8) is 0 Å². The van der Waals surface area contributed by atoms with Crippen LogP contribution < -0.4 is 4.90 Å². The van der Waals surface area contributed by atoms with Gasteiger partial charge in [0.1, 0.15) is 0 Å². The molecular formula is C38H24N2. The van der Waals surface area contributed by atoms with Gasteiger partial charge < -0.3 is 4.90 Å². The number of benzene rings is 6. The predicted molar refractivity (Wildman–Crippen MR) is 162 cm³/mol. The average molecular weight is 509 g/mol. The molecule has 2 heteroatoms. The van der Waals surface area contributed by atoms with Crippen molar-refractivity contribution in [2.75, 3.05) is 4.90 Å². The molecule has 1 aliphatic heterocycles. The summed E-state index contributed by atoms with van der Waals surface area (Å²) in [5, 5.41) is 9.45. The first kappa shape index (κ1) is 22.6. The molecule has 0 N–H and O–H groups in total. The van der Waals surface area contributed by atoms with Crippen LogP contribution in [0, 0.1) is 11.3 Å². The third kappa shape index (κ3) is 2.92. The molecule has 6 aromatic rings. The predicted octanol–water partition coefficient (Wildman–Crippen LogP) is 9.37. The van der Waals surface area contributed by atoms with E-state index in [1.54, 1.807) is 0 Å². The van der Waals surface area contributed by atoms with Gasteiger partial charge in [-0.3, -0.25) is 0 Å². The van der Waals surface area contributed by atoms with E-state index in [4.69, 9.17) is 0 Å². The van der Waals surface area contributed by atoms with Crippen molar-refractivity contribution in [1.82, 2.24) is 0 Å². The molecule has 0 fully saturated rings. The second-order valence-electron chi connectivity index (χ2n) is 10.4. The van der Waals surface area contributed by atoms with E-state index >= 15 is 0 Å². The van der Waals surface area contributed by atoms with E-state index in [0.29, 0.717) is 5.56 Å². The molecule has 1 spiro atoms. The van der Waals surface area contributed by atoms with Gasteiger partial charge in [-0.2, -0.15) is 5.26 Å². The number of anilines is 3. The van der Waals surface area contributed by atoms with Gasteiger partial charge in [-0.15, -0.1) is 0 Å². The summed E-state index contributed by atoms with van der Waals surface area (Å²) in [5.74, 6) is 0. The van der Waals surface area contributed by atoms with Crippen LogP contribution in [0.15, 0.2) is 146 Å². The Bertz CT molecular complexity index is 1920. The lowest BCUT2D eigenvalue weighted by Gasteiger charge is -2.45. The van der Waals surface area contributed by atoms with Gasteiger partial charge in [0.15, 0.2) is 0 Å². The number of nitriles is 1. The van der Waals surface area contributed by atoms with Crippen molar-refractivity contribution in [3.8, 4) is 28.3 Å². The Morgan fingerprint density at radius 2 is 1.02 bits per heavy atom. The summed E-state index contributed by atoms with van der Waals surface area (Å²) >= 11 is 0. The fourth-order valence-electron chi connectivity index (χ4n) is 6.99. The van der Waals surface area contributed by atoms with E-state index in [9.17, 15) is 5.26 Å². The Kier molecular flexibility index (Phi) is 4.83. The van der Waals surface area contributed by atoms with Crippen molar-refractivity contribution < 1.29 is 0 Å². The number of fused-ring (bicyclic) bond motifs is 9. The van der Waals surface area contributed by atoms with Gasteiger partial charge in [0.2, 0.25) is 0 Å². The highest BCUT2D eigenvalue weighted by atomic mass is 15.2. The molecule has 0 amide bonds. The van der Waals surface area contributed by atoms with Crippen LogP contribution in [0.1, 0.15) is 27.8 Å². The molecule has 8 rings (SSSR count). The summed E-state index contributed by atoms with van der Waals surface area (Å²) in [7, 11) is 0. The standard InChI is InChI=1S/C38H24N2/c39-25-26-21-23-27(24-22-26)29-14-10-15-31-30-13-4-5-16-32(30)38(37(29)31)33-17-6-8-19-35(33)40(28-11-2-1-3-12-28)36-20-9-7-18-34(36)38/h1-24H. The second-order valence-corrected chi connectivity index (χ2v) is 10.4. The Balaban J connectivity index is 1.54. The van der Waals surface area contributed by atoms with Gasteiger partial charge >= 0.3 is 0 Å². The van der Waals surface area contributed by atoms with Gasteiger partial charge in [0, 0.05) is 5.69 Å². The van der Waals surface area contributed by atoms with E-state index in [1.807, 2.05) is 12.1 Å². The van der Waals surface area contributed by atoms with Crippen LogP contribution in [0.3, 0.4) is 0 Å². The monoisotopic (exact) mass is 508 g/mol. The first-order valence-electron chi connectivity index (χ1n) is 13.6. The van der Waals surface area contributed by atoms with Gasteiger partial charge in [0.25, 0.3) is 0 Å². The normalized spacial score (nSPS) is 13.6. The third-order valence-electron chi connectivity index (χ3n) is 8.50. The van der Waals surface area contributed by atoms with Crippen molar-refractivity contribution in [3.05, 3.63) is 173 Å². The topological polar surface area (TPSA) is 27.0 Å². The van der Waals surface area contributed by atoms with E-state index in [0.717, 1.165) is 11.3 Å². The first-order valence-corrected chi connectivity index (χ1v) is 13.6. The first-order chi connectivity index (χ1) is 19.8. The molecule has 1 heterocycles. The fraction of sp³-hybridized carbons (Fsp3) is 0.0263. The van der Waals surface area contributed by atoms with Crippen LogP contribution in [0.2, 0.25) is 0 Å². The average Bonchev–Trinajstić information content (AvgIpc) is 3.33. The fourth-order valence-corrected chi connectivity index (χ4v) is 6.99. The molecule has 6 aromatic carbocycles. The van der Waals surface area contributed by atoms with Crippen molar-refractivity contribution in [1.29, 1.82) is 5.26 Å². The van der Waals surface area contributed by atoms with Gasteiger partial charge in [0.05, 0.1) is 28.4 Å². The van der Waals surface area contributed by atoms with E-state index in [1.165, 1.54) is 50.3 Å². The van der Waals surface area contributed by atoms with Crippen LogP contribution in [0.4, 0.5) is 17.1 Å². The highest BCUT2D eigenvalue weighted by Crippen LogP contribution is 2.64. The van der Waals surface area contributed by atoms with Crippen molar-refractivity contribution in [2.24, 2.45) is 0 Å². The lowest BCUT2D eigenvalue weighted by molar-refractivity contribution is 0.754. The summed E-state index contributed by atoms with van der Waals surface area (Å²) in [5.41, 5.74) is 13.6. The van der Waals surface area contributed by atoms with Gasteiger partial charge in [-0.1, -0.05) is 109 Å². The van der Waals surface area contributed by atoms with Gasteiger partial charge in [-0.25, -0.2) is 0 Å². The number of nitrogens with zero attached hydrogens (tertiary/aromatic N) is 2. The second kappa shape index (κ2) is 8.56. The third-order valence-corrected chi connectivity index (χ3v) is 8.50. The van der Waals surface area contributed by atoms with Crippen LogP contribution in [-0.4, -0.2) is 0 Å². The Labute approximate surface area is 234 Å². The zero-order chi connectivity index (χ0) is 26.7. The van der Waals surface area contributed by atoms with Crippen LogP contribution in [0.5, 0.6) is 0 Å². The molecule has 0 aromatic heterocycles. The summed E-state index contributed by atoms with van der Waals surface area (Å²) in [4.78, 5) is 2.40. The molecule has 0 unspecified atom stereocenters. The lowest BCUT2D eigenvalue weighted by Crippen LogP contribution is -2.36. The molecule has 2 aliphatic rings. The molecular weight excluding hydrogens is 484 g/mol.